The molecule has 0 fully saturated rings. The van der Waals surface area contributed by atoms with Crippen LogP contribution in [-0.4, -0.2) is 29.1 Å². The van der Waals surface area contributed by atoms with Crippen molar-refractivity contribution in [1.82, 2.24) is 29.1 Å². The molecule has 0 saturated heterocycles. The highest BCUT2D eigenvalue weighted by molar-refractivity contribution is 6.18. The molecule has 0 N–H and O–H groups in total. The van der Waals surface area contributed by atoms with Gasteiger partial charge in [0.25, 0.3) is 0 Å². The van der Waals surface area contributed by atoms with E-state index in [-0.39, 0.29) is 0 Å². The van der Waals surface area contributed by atoms with E-state index in [9.17, 15) is 0 Å². The number of hydrogen-bond donors (Lipinski definition) is 0. The van der Waals surface area contributed by atoms with Gasteiger partial charge < -0.3 is 0 Å². The maximum atomic E-state index is 5.49. The van der Waals surface area contributed by atoms with Crippen LogP contribution < -0.4 is 0 Å². The lowest BCUT2D eigenvalue weighted by atomic mass is 9.90. The zero-order valence-corrected chi connectivity index (χ0v) is 64.4. The molecule has 22 aromatic rings. The van der Waals surface area contributed by atoms with E-state index in [2.05, 4.69) is 446 Å². The lowest BCUT2D eigenvalue weighted by Crippen LogP contribution is -1.98. The Labute approximate surface area is 684 Å². The zero-order valence-electron chi connectivity index (χ0n) is 64.4. The molecule has 0 amide bonds. The number of pyridine rings is 2. The molecule has 0 saturated carbocycles. The Balaban J connectivity index is 0.000000147. The summed E-state index contributed by atoms with van der Waals surface area (Å²) in [5.74, 6) is 1.83. The first-order valence-electron chi connectivity index (χ1n) is 40.1. The Morgan fingerprint density at radius 3 is 0.831 bits per heavy atom. The lowest BCUT2D eigenvalue weighted by Gasteiger charge is -2.17. The van der Waals surface area contributed by atoms with Gasteiger partial charge in [0.2, 0.25) is 0 Å². The molecule has 0 unspecified atom stereocenters. The molecule has 0 atom stereocenters. The predicted octanol–water partition coefficient (Wildman–Crippen LogP) is 29.5. The Kier molecular flexibility index (Phi) is 18.2. The number of aromatic nitrogens is 6. The van der Waals surface area contributed by atoms with Crippen molar-refractivity contribution in [1.29, 1.82) is 0 Å². The molecule has 22 rings (SSSR count). The number of rotatable bonds is 14. The van der Waals surface area contributed by atoms with Crippen molar-refractivity contribution < 1.29 is 0 Å². The number of para-hydroxylation sites is 3. The van der Waals surface area contributed by atoms with Crippen molar-refractivity contribution in [3.05, 3.63) is 449 Å². The average molecular weight is 1500 g/mol. The van der Waals surface area contributed by atoms with Crippen LogP contribution in [0.2, 0.25) is 0 Å². The Morgan fingerprint density at radius 1 is 0.153 bits per heavy atom. The summed E-state index contributed by atoms with van der Waals surface area (Å²) in [6.07, 6.45) is 0. The molecule has 6 heteroatoms. The van der Waals surface area contributed by atoms with Gasteiger partial charge in [-0.1, -0.05) is 376 Å². The molecule has 6 nitrogen and oxygen atoms in total. The molecule has 18 aromatic carbocycles. The molecule has 0 bridgehead atoms. The second-order valence-corrected chi connectivity index (χ2v) is 30.0. The second kappa shape index (κ2) is 30.6. The number of imidazole rings is 2. The summed E-state index contributed by atoms with van der Waals surface area (Å²) in [4.78, 5) is 21.4. The molecule has 552 valence electrons. The summed E-state index contributed by atoms with van der Waals surface area (Å²) in [7, 11) is 0. The third-order valence-corrected chi connectivity index (χ3v) is 22.9. The van der Waals surface area contributed by atoms with Gasteiger partial charge in [0.1, 0.15) is 11.6 Å². The summed E-state index contributed by atoms with van der Waals surface area (Å²) < 4.78 is 4.53. The highest BCUT2D eigenvalue weighted by Crippen LogP contribution is 2.45. The molecule has 0 aliphatic rings. The van der Waals surface area contributed by atoms with Gasteiger partial charge in [0.15, 0.2) is 0 Å². The van der Waals surface area contributed by atoms with E-state index in [0.29, 0.717) is 0 Å². The van der Waals surface area contributed by atoms with Crippen molar-refractivity contribution in [2.24, 2.45) is 0 Å². The fraction of sp³-hybridized carbons (Fsp3) is 0. The van der Waals surface area contributed by atoms with Gasteiger partial charge in [-0.25, -0.2) is 19.9 Å². The minimum absolute atomic E-state index is 0.912. The molecular weight excluding hydrogens is 1430 g/mol. The molecule has 0 radical (unpaired) electrons. The average Bonchev–Trinajstić information content (AvgIpc) is 1.13. The van der Waals surface area contributed by atoms with Crippen LogP contribution in [-0.2, 0) is 0 Å². The van der Waals surface area contributed by atoms with E-state index < -0.39 is 0 Å². The fourth-order valence-corrected chi connectivity index (χ4v) is 17.0. The minimum atomic E-state index is 0.912. The molecule has 4 aromatic heterocycles. The van der Waals surface area contributed by atoms with Gasteiger partial charge in [0.05, 0.1) is 44.5 Å². The summed E-state index contributed by atoms with van der Waals surface area (Å²) in [5.41, 5.74) is 33.0. The number of nitrogens with zero attached hydrogens (tertiary/aromatic N) is 6. The zero-order chi connectivity index (χ0) is 78.2. The van der Waals surface area contributed by atoms with Crippen LogP contribution in [0.1, 0.15) is 0 Å². The normalized spacial score (nSPS) is 11.4. The topological polar surface area (TPSA) is 61.4 Å². The largest absolute Gasteiger partial charge is 0.292 e. The van der Waals surface area contributed by atoms with Crippen LogP contribution >= 0.6 is 0 Å². The predicted molar refractivity (Wildman–Crippen MR) is 493 cm³/mol. The highest BCUT2D eigenvalue weighted by Gasteiger charge is 2.23. The van der Waals surface area contributed by atoms with Crippen LogP contribution in [0.4, 0.5) is 0 Å². The molecule has 0 spiro atoms. The summed E-state index contributed by atoms with van der Waals surface area (Å²) in [5, 5.41) is 6.81. The van der Waals surface area contributed by atoms with Crippen LogP contribution in [0, 0.1) is 0 Å². The van der Waals surface area contributed by atoms with Crippen molar-refractivity contribution >= 4 is 65.4 Å². The van der Waals surface area contributed by atoms with Gasteiger partial charge >= 0.3 is 0 Å². The first-order valence-corrected chi connectivity index (χ1v) is 40.1. The third kappa shape index (κ3) is 13.3. The van der Waals surface area contributed by atoms with Crippen LogP contribution in [0.25, 0.3) is 211 Å². The molecule has 4 heterocycles. The van der Waals surface area contributed by atoms with E-state index in [1.165, 1.54) is 77.5 Å². The maximum Gasteiger partial charge on any atom is 0.145 e. The monoisotopic (exact) mass is 1500 g/mol. The van der Waals surface area contributed by atoms with E-state index in [1.807, 2.05) is 12.1 Å². The van der Waals surface area contributed by atoms with Gasteiger partial charge in [-0.2, -0.15) is 0 Å². The van der Waals surface area contributed by atoms with Crippen molar-refractivity contribution in [3.63, 3.8) is 0 Å². The standard InChI is InChI=1S/2C56H37N3/c1-5-15-38(16-6-1)40-25-29-42(30-26-40)49-36-51-50(45-33-34-54-53(35-45)58-56(44-19-9-3-10-20-44)59(54)46-21-11-4-12-22-46)37-52(57-55(51)48-24-14-13-23-47(48)49)43-31-27-41(28-32-43)39-17-7-2-8-18-39;1-4-14-38(15-5-1)40-24-28-42(29-25-40)49-36-51-50(43-32-34-46(35-33-43)59-54-23-13-12-22-52(54)58-56(59)45-18-8-3-9-19-45)37-53(57-55(51)48-21-11-10-20-47(48)49)44-30-26-41(27-31-44)39-16-6-2-7-17-39/h2*1-37H. The van der Waals surface area contributed by atoms with Crippen molar-refractivity contribution in [3.8, 4) is 146 Å². The van der Waals surface area contributed by atoms with Crippen LogP contribution in [0.15, 0.2) is 449 Å². The molecule has 0 aliphatic heterocycles. The molecular formula is C112H74N6. The quantitative estimate of drug-likeness (QED) is 0.102. The van der Waals surface area contributed by atoms with Crippen LogP contribution in [0.3, 0.4) is 0 Å². The first-order chi connectivity index (χ1) is 58.5. The summed E-state index contributed by atoms with van der Waals surface area (Å²) in [6, 6.07) is 160. The molecule has 0 aliphatic carbocycles. The Morgan fingerprint density at radius 2 is 0.424 bits per heavy atom. The van der Waals surface area contributed by atoms with Gasteiger partial charge in [-0.15, -0.1) is 0 Å². The number of fused-ring (bicyclic) bond motifs is 8. The van der Waals surface area contributed by atoms with E-state index >= 15 is 0 Å². The summed E-state index contributed by atoms with van der Waals surface area (Å²) in [6.45, 7) is 0. The van der Waals surface area contributed by atoms with E-state index in [4.69, 9.17) is 19.9 Å². The SMILES string of the molecule is c1ccc(-c2ccc(-c3cc(-c4ccc(-n5c(-c6ccccc6)nc6ccccc65)cc4)c4cc(-c5ccc(-c6ccccc6)cc5)c5ccccc5c4n3)cc2)cc1.c1ccc(-c2ccc(-c3cc(-c4ccc5c(c4)nc(-c4ccccc4)n5-c4ccccc4)c4cc(-c5ccc(-c6ccccc6)cc5)c5ccccc5c4n3)cc2)cc1. The minimum Gasteiger partial charge on any atom is -0.292 e. The van der Waals surface area contributed by atoms with Crippen molar-refractivity contribution in [2.75, 3.05) is 0 Å². The van der Waals surface area contributed by atoms with E-state index in [1.54, 1.807) is 0 Å². The maximum absolute atomic E-state index is 5.49. The van der Waals surface area contributed by atoms with Gasteiger partial charge in [-0.05, 0) is 173 Å². The van der Waals surface area contributed by atoms with Crippen LogP contribution in [0.5, 0.6) is 0 Å². The highest BCUT2D eigenvalue weighted by atomic mass is 15.1. The Bertz CT molecular complexity index is 7420. The number of benzene rings is 18. The molecule has 118 heavy (non-hydrogen) atoms. The van der Waals surface area contributed by atoms with Gasteiger partial charge in [-0.3, -0.25) is 9.13 Å². The smallest absolute Gasteiger partial charge is 0.145 e. The fourth-order valence-electron chi connectivity index (χ4n) is 17.0. The first kappa shape index (κ1) is 70.1. The second-order valence-electron chi connectivity index (χ2n) is 30.0. The lowest BCUT2D eigenvalue weighted by molar-refractivity contribution is 1.10. The van der Waals surface area contributed by atoms with E-state index in [0.717, 1.165) is 134 Å². The van der Waals surface area contributed by atoms with Gasteiger partial charge in [0, 0.05) is 55.2 Å². The summed E-state index contributed by atoms with van der Waals surface area (Å²) >= 11 is 0. The number of hydrogen-bond acceptors (Lipinski definition) is 4. The Hall–Kier alpha value is -15.8. The van der Waals surface area contributed by atoms with Crippen molar-refractivity contribution in [2.45, 2.75) is 0 Å². The third-order valence-electron chi connectivity index (χ3n) is 22.9.